The van der Waals surface area contributed by atoms with Crippen molar-refractivity contribution in [2.75, 3.05) is 5.32 Å². The second-order valence-electron chi connectivity index (χ2n) is 3.96. The standard InChI is InChI=1S/C10H14N2O2S/c1-5-6(2)15-10(11-5)12-8(9(13)14)7-3-4-7/h7-8H,3-4H2,1-2H3,(H,11,12)(H,13,14). The maximum absolute atomic E-state index is 11.0. The quantitative estimate of drug-likeness (QED) is 0.824. The van der Waals surface area contributed by atoms with E-state index >= 15 is 0 Å². The third kappa shape index (κ3) is 2.28. The van der Waals surface area contributed by atoms with Gasteiger partial charge in [-0.1, -0.05) is 0 Å². The summed E-state index contributed by atoms with van der Waals surface area (Å²) in [6, 6.07) is -0.463. The van der Waals surface area contributed by atoms with E-state index in [1.807, 2.05) is 13.8 Å². The zero-order valence-corrected chi connectivity index (χ0v) is 9.60. The molecule has 1 heterocycles. The summed E-state index contributed by atoms with van der Waals surface area (Å²) in [6.45, 7) is 3.93. The van der Waals surface area contributed by atoms with Crippen LogP contribution in [0.15, 0.2) is 0 Å². The molecule has 5 heteroatoms. The Morgan fingerprint density at radius 3 is 2.67 bits per heavy atom. The average Bonchev–Trinajstić information content (AvgIpc) is 2.92. The van der Waals surface area contributed by atoms with Gasteiger partial charge in [-0.3, -0.25) is 0 Å². The molecule has 4 nitrogen and oxygen atoms in total. The minimum Gasteiger partial charge on any atom is -0.480 e. The third-order valence-corrected chi connectivity index (χ3v) is 3.67. The van der Waals surface area contributed by atoms with Crippen LogP contribution < -0.4 is 5.32 Å². The lowest BCUT2D eigenvalue weighted by atomic mass is 10.2. The number of anilines is 1. The number of carboxylic acid groups (broad SMARTS) is 1. The molecule has 2 N–H and O–H groups in total. The van der Waals surface area contributed by atoms with Gasteiger partial charge in [0.05, 0.1) is 5.69 Å². The zero-order valence-electron chi connectivity index (χ0n) is 8.78. The van der Waals surface area contributed by atoms with Gasteiger partial charge in [-0.25, -0.2) is 9.78 Å². The molecule has 1 unspecified atom stereocenters. The van der Waals surface area contributed by atoms with Crippen molar-refractivity contribution in [2.45, 2.75) is 32.7 Å². The Morgan fingerprint density at radius 2 is 2.27 bits per heavy atom. The Balaban J connectivity index is 2.08. The molecular weight excluding hydrogens is 212 g/mol. The Kier molecular flexibility index (Phi) is 2.65. The number of aryl methyl sites for hydroxylation is 2. The number of hydrogen-bond acceptors (Lipinski definition) is 4. The fourth-order valence-corrected chi connectivity index (χ4v) is 2.33. The number of thiazole rings is 1. The van der Waals surface area contributed by atoms with Crippen molar-refractivity contribution >= 4 is 22.4 Å². The molecule has 0 spiro atoms. The summed E-state index contributed by atoms with van der Waals surface area (Å²) in [4.78, 5) is 16.4. The maximum atomic E-state index is 11.0. The van der Waals surface area contributed by atoms with Gasteiger partial charge in [0, 0.05) is 4.88 Å². The second-order valence-corrected chi connectivity index (χ2v) is 5.16. The van der Waals surface area contributed by atoms with Crippen LogP contribution in [0.5, 0.6) is 0 Å². The van der Waals surface area contributed by atoms with Gasteiger partial charge in [-0.2, -0.15) is 0 Å². The average molecular weight is 226 g/mol. The number of nitrogens with zero attached hydrogens (tertiary/aromatic N) is 1. The van der Waals surface area contributed by atoms with E-state index in [-0.39, 0.29) is 5.92 Å². The van der Waals surface area contributed by atoms with E-state index < -0.39 is 12.0 Å². The van der Waals surface area contributed by atoms with Crippen molar-refractivity contribution < 1.29 is 9.90 Å². The topological polar surface area (TPSA) is 62.2 Å². The van der Waals surface area contributed by atoms with Crippen LogP contribution in [0.4, 0.5) is 5.13 Å². The largest absolute Gasteiger partial charge is 0.480 e. The minimum atomic E-state index is -0.775. The number of hydrogen-bond donors (Lipinski definition) is 2. The summed E-state index contributed by atoms with van der Waals surface area (Å²) in [5.41, 5.74) is 0.974. The number of nitrogens with one attached hydrogen (secondary N) is 1. The van der Waals surface area contributed by atoms with Gasteiger partial charge in [-0.15, -0.1) is 11.3 Å². The van der Waals surface area contributed by atoms with E-state index in [0.29, 0.717) is 0 Å². The molecular formula is C10H14N2O2S. The Hall–Kier alpha value is -1.10. The molecule has 2 rings (SSSR count). The van der Waals surface area contributed by atoms with E-state index in [2.05, 4.69) is 10.3 Å². The van der Waals surface area contributed by atoms with Crippen LogP contribution in [0.2, 0.25) is 0 Å². The van der Waals surface area contributed by atoms with Gasteiger partial charge in [0.2, 0.25) is 0 Å². The SMILES string of the molecule is Cc1nc(NC(C(=O)O)C2CC2)sc1C. The van der Waals surface area contributed by atoms with Crippen molar-refractivity contribution in [3.63, 3.8) is 0 Å². The van der Waals surface area contributed by atoms with Gasteiger partial charge >= 0.3 is 5.97 Å². The summed E-state index contributed by atoms with van der Waals surface area (Å²) in [5.74, 6) is -0.491. The van der Waals surface area contributed by atoms with Crippen LogP contribution >= 0.6 is 11.3 Å². The molecule has 0 aromatic carbocycles. The molecule has 1 aromatic heterocycles. The lowest BCUT2D eigenvalue weighted by Gasteiger charge is -2.11. The third-order valence-electron chi connectivity index (χ3n) is 2.67. The van der Waals surface area contributed by atoms with Gasteiger partial charge in [-0.05, 0) is 32.6 Å². The van der Waals surface area contributed by atoms with E-state index in [0.717, 1.165) is 28.5 Å². The number of carboxylic acids is 1. The molecule has 15 heavy (non-hydrogen) atoms. The summed E-state index contributed by atoms with van der Waals surface area (Å²) < 4.78 is 0. The Bertz CT molecular complexity index is 365. The first-order valence-corrected chi connectivity index (χ1v) is 5.83. The van der Waals surface area contributed by atoms with Crippen molar-refractivity contribution in [1.29, 1.82) is 0 Å². The van der Waals surface area contributed by atoms with Crippen LogP contribution in [0.25, 0.3) is 0 Å². The molecule has 1 aliphatic rings. The normalized spacial score (nSPS) is 17.5. The molecule has 0 saturated heterocycles. The molecule has 0 radical (unpaired) electrons. The minimum absolute atomic E-state index is 0.284. The summed E-state index contributed by atoms with van der Waals surface area (Å²) in [7, 11) is 0. The Morgan fingerprint density at radius 1 is 1.60 bits per heavy atom. The van der Waals surface area contributed by atoms with Gasteiger partial charge in [0.15, 0.2) is 5.13 Å². The van der Waals surface area contributed by atoms with Crippen LogP contribution in [0.1, 0.15) is 23.4 Å². The number of aliphatic carboxylic acids is 1. The first-order chi connectivity index (χ1) is 7.08. The molecule has 1 fully saturated rings. The van der Waals surface area contributed by atoms with E-state index in [9.17, 15) is 4.79 Å². The molecule has 1 aromatic rings. The first-order valence-electron chi connectivity index (χ1n) is 5.01. The lowest BCUT2D eigenvalue weighted by molar-refractivity contribution is -0.138. The van der Waals surface area contributed by atoms with Gasteiger partial charge < -0.3 is 10.4 Å². The smallest absolute Gasteiger partial charge is 0.326 e. The molecule has 0 bridgehead atoms. The highest BCUT2D eigenvalue weighted by atomic mass is 32.1. The van der Waals surface area contributed by atoms with E-state index in [1.165, 1.54) is 11.3 Å². The summed E-state index contributed by atoms with van der Waals surface area (Å²) in [5, 5.41) is 12.8. The van der Waals surface area contributed by atoms with Crippen molar-refractivity contribution in [1.82, 2.24) is 4.98 Å². The monoisotopic (exact) mass is 226 g/mol. The first kappa shape index (κ1) is 10.4. The highest BCUT2D eigenvalue weighted by molar-refractivity contribution is 7.15. The number of aromatic nitrogens is 1. The number of rotatable bonds is 4. The second kappa shape index (κ2) is 3.81. The zero-order chi connectivity index (χ0) is 11.0. The maximum Gasteiger partial charge on any atom is 0.326 e. The highest BCUT2D eigenvalue weighted by Gasteiger charge is 2.36. The molecule has 82 valence electrons. The molecule has 1 saturated carbocycles. The molecule has 1 atom stereocenters. The fourth-order valence-electron chi connectivity index (χ4n) is 1.48. The van der Waals surface area contributed by atoms with Crippen LogP contribution in [0, 0.1) is 19.8 Å². The van der Waals surface area contributed by atoms with Crippen LogP contribution in [0.3, 0.4) is 0 Å². The van der Waals surface area contributed by atoms with Crippen molar-refractivity contribution in [3.8, 4) is 0 Å². The van der Waals surface area contributed by atoms with E-state index in [1.54, 1.807) is 0 Å². The summed E-state index contributed by atoms with van der Waals surface area (Å²) in [6.07, 6.45) is 2.01. The van der Waals surface area contributed by atoms with Gasteiger partial charge in [0.25, 0.3) is 0 Å². The van der Waals surface area contributed by atoms with E-state index in [4.69, 9.17) is 5.11 Å². The lowest BCUT2D eigenvalue weighted by Crippen LogP contribution is -2.31. The molecule has 0 aliphatic heterocycles. The predicted octanol–water partition coefficient (Wildman–Crippen LogP) is 2.04. The predicted molar refractivity (Wildman–Crippen MR) is 59.4 cm³/mol. The van der Waals surface area contributed by atoms with Crippen LogP contribution in [-0.2, 0) is 4.79 Å². The fraction of sp³-hybridized carbons (Fsp3) is 0.600. The number of carbonyl (C=O) groups is 1. The summed E-state index contributed by atoms with van der Waals surface area (Å²) >= 11 is 1.52. The Labute approximate surface area is 92.3 Å². The molecule has 1 aliphatic carbocycles. The van der Waals surface area contributed by atoms with Crippen LogP contribution in [-0.4, -0.2) is 22.1 Å². The van der Waals surface area contributed by atoms with Crippen molar-refractivity contribution in [3.05, 3.63) is 10.6 Å². The van der Waals surface area contributed by atoms with Crippen molar-refractivity contribution in [2.24, 2.45) is 5.92 Å². The molecule has 0 amide bonds. The van der Waals surface area contributed by atoms with Gasteiger partial charge in [0.1, 0.15) is 6.04 Å². The highest BCUT2D eigenvalue weighted by Crippen LogP contribution is 2.35.